The summed E-state index contributed by atoms with van der Waals surface area (Å²) in [5.74, 6) is 1.34. The van der Waals surface area contributed by atoms with Crippen LogP contribution in [-0.4, -0.2) is 40.6 Å². The molecule has 1 saturated heterocycles. The van der Waals surface area contributed by atoms with E-state index in [4.69, 9.17) is 9.26 Å². The monoisotopic (exact) mass is 343 g/mol. The lowest BCUT2D eigenvalue weighted by Crippen LogP contribution is -2.35. The first-order valence-corrected chi connectivity index (χ1v) is 8.86. The van der Waals surface area contributed by atoms with Crippen LogP contribution in [-0.2, 0) is 17.6 Å². The van der Waals surface area contributed by atoms with Crippen LogP contribution in [0.25, 0.3) is 0 Å². The first kappa shape index (κ1) is 17.5. The molecule has 6 heteroatoms. The fraction of sp³-hybridized carbons (Fsp3) is 0.526. The molecule has 134 valence electrons. The van der Waals surface area contributed by atoms with Crippen LogP contribution < -0.4 is 4.74 Å². The van der Waals surface area contributed by atoms with Gasteiger partial charge in [0.15, 0.2) is 0 Å². The van der Waals surface area contributed by atoms with Crippen LogP contribution in [0.2, 0.25) is 0 Å². The van der Waals surface area contributed by atoms with Crippen molar-refractivity contribution in [1.29, 1.82) is 0 Å². The maximum absolute atomic E-state index is 12.6. The predicted molar refractivity (Wildman–Crippen MR) is 93.4 cm³/mol. The van der Waals surface area contributed by atoms with Crippen molar-refractivity contribution in [3.63, 3.8) is 0 Å². The number of rotatable bonds is 7. The summed E-state index contributed by atoms with van der Waals surface area (Å²) in [5.41, 5.74) is 2.33. The maximum atomic E-state index is 12.6. The molecule has 0 saturated carbocycles. The maximum Gasteiger partial charge on any atom is 0.254 e. The highest BCUT2D eigenvalue weighted by atomic mass is 16.5. The fourth-order valence-electron chi connectivity index (χ4n) is 3.44. The Morgan fingerprint density at radius 2 is 2.28 bits per heavy atom. The van der Waals surface area contributed by atoms with Crippen LogP contribution >= 0.6 is 0 Å². The van der Waals surface area contributed by atoms with Crippen LogP contribution in [0.1, 0.15) is 42.7 Å². The summed E-state index contributed by atoms with van der Waals surface area (Å²) < 4.78 is 10.2. The topological polar surface area (TPSA) is 68.5 Å². The second kappa shape index (κ2) is 8.14. The van der Waals surface area contributed by atoms with Gasteiger partial charge in [0.25, 0.3) is 5.88 Å². The Morgan fingerprint density at radius 1 is 1.40 bits per heavy atom. The molecule has 3 heterocycles. The molecule has 1 atom stereocenters. The Kier molecular flexibility index (Phi) is 5.68. The highest BCUT2D eigenvalue weighted by Crippen LogP contribution is 2.23. The Balaban J connectivity index is 1.50. The molecule has 1 aliphatic rings. The molecule has 1 fully saturated rings. The number of carbonyl (C=O) groups excluding carboxylic acids is 1. The van der Waals surface area contributed by atoms with E-state index in [1.54, 1.807) is 13.2 Å². The molecule has 0 unspecified atom stereocenters. The minimum Gasteiger partial charge on any atom is -0.479 e. The lowest BCUT2D eigenvalue weighted by molar-refractivity contribution is -0.132. The predicted octanol–water partition coefficient (Wildman–Crippen LogP) is 2.94. The number of aromatic nitrogens is 2. The van der Waals surface area contributed by atoms with Crippen molar-refractivity contribution < 1.29 is 14.1 Å². The van der Waals surface area contributed by atoms with Gasteiger partial charge in [-0.25, -0.2) is 0 Å². The Morgan fingerprint density at radius 3 is 3.04 bits per heavy atom. The summed E-state index contributed by atoms with van der Waals surface area (Å²) in [5, 5.41) is 3.77. The second-order valence-corrected chi connectivity index (χ2v) is 6.56. The molecule has 3 rings (SSSR count). The zero-order valence-electron chi connectivity index (χ0n) is 14.9. The minimum absolute atomic E-state index is 0.198. The fourth-order valence-corrected chi connectivity index (χ4v) is 3.44. The van der Waals surface area contributed by atoms with Crippen molar-refractivity contribution >= 4 is 5.91 Å². The average molecular weight is 343 g/mol. The highest BCUT2D eigenvalue weighted by Gasteiger charge is 2.28. The van der Waals surface area contributed by atoms with Gasteiger partial charge < -0.3 is 14.2 Å². The van der Waals surface area contributed by atoms with Crippen molar-refractivity contribution in [1.82, 2.24) is 15.0 Å². The van der Waals surface area contributed by atoms with E-state index in [1.807, 2.05) is 18.0 Å². The average Bonchev–Trinajstić information content (AvgIpc) is 3.27. The first-order valence-electron chi connectivity index (χ1n) is 8.86. The van der Waals surface area contributed by atoms with Gasteiger partial charge in [-0.1, -0.05) is 0 Å². The molecule has 2 aromatic rings. The summed E-state index contributed by atoms with van der Waals surface area (Å²) in [4.78, 5) is 18.9. The number of methoxy groups -OCH3 is 1. The number of pyridine rings is 1. The molecule has 0 spiro atoms. The Hall–Kier alpha value is -2.37. The molecular weight excluding hydrogens is 318 g/mol. The minimum atomic E-state index is 0.198. The van der Waals surface area contributed by atoms with Gasteiger partial charge in [0.1, 0.15) is 5.76 Å². The number of amides is 1. The van der Waals surface area contributed by atoms with Gasteiger partial charge in [-0.2, -0.15) is 0 Å². The molecule has 1 amide bonds. The largest absolute Gasteiger partial charge is 0.479 e. The third-order valence-corrected chi connectivity index (χ3v) is 4.76. The standard InChI is InChI=1S/C19H25N3O3/c1-14-12-15(9-10-20-14)5-6-16-4-3-11-22(16)19(23)8-7-17-13-18(24-2)21-25-17/h9-10,12-13,16H,3-8,11H2,1-2H3/t16-/m1/s1. The van der Waals surface area contributed by atoms with Crippen LogP contribution in [0.5, 0.6) is 5.88 Å². The van der Waals surface area contributed by atoms with E-state index in [0.29, 0.717) is 30.5 Å². The summed E-state index contributed by atoms with van der Waals surface area (Å²) in [7, 11) is 1.55. The second-order valence-electron chi connectivity index (χ2n) is 6.56. The number of nitrogens with zero attached hydrogens (tertiary/aromatic N) is 3. The van der Waals surface area contributed by atoms with Gasteiger partial charge in [0.2, 0.25) is 5.91 Å². The molecule has 0 aromatic carbocycles. The van der Waals surface area contributed by atoms with Gasteiger partial charge in [-0.15, -0.1) is 0 Å². The van der Waals surface area contributed by atoms with E-state index in [9.17, 15) is 4.79 Å². The first-order chi connectivity index (χ1) is 12.2. The van der Waals surface area contributed by atoms with Gasteiger partial charge in [-0.05, 0) is 55.5 Å². The van der Waals surface area contributed by atoms with E-state index in [2.05, 4.69) is 22.3 Å². The Labute approximate surface area is 148 Å². The molecule has 0 radical (unpaired) electrons. The van der Waals surface area contributed by atoms with Crippen molar-refractivity contribution in [2.45, 2.75) is 51.5 Å². The van der Waals surface area contributed by atoms with E-state index >= 15 is 0 Å². The number of hydrogen-bond acceptors (Lipinski definition) is 5. The summed E-state index contributed by atoms with van der Waals surface area (Å²) in [6.07, 6.45) is 7.02. The molecule has 6 nitrogen and oxygen atoms in total. The lowest BCUT2D eigenvalue weighted by Gasteiger charge is -2.24. The van der Waals surface area contributed by atoms with Crippen LogP contribution in [0.3, 0.4) is 0 Å². The Bertz CT molecular complexity index is 713. The molecule has 0 bridgehead atoms. The van der Waals surface area contributed by atoms with Crippen LogP contribution in [0, 0.1) is 6.92 Å². The molecule has 0 N–H and O–H groups in total. The normalized spacial score (nSPS) is 17.0. The van der Waals surface area contributed by atoms with E-state index in [0.717, 1.165) is 37.9 Å². The third-order valence-electron chi connectivity index (χ3n) is 4.76. The van der Waals surface area contributed by atoms with Gasteiger partial charge in [0.05, 0.1) is 7.11 Å². The third kappa shape index (κ3) is 4.59. The molecule has 1 aliphatic heterocycles. The molecule has 2 aromatic heterocycles. The SMILES string of the molecule is COc1cc(CCC(=O)N2CCC[C@@H]2CCc2ccnc(C)c2)on1. The van der Waals surface area contributed by atoms with E-state index in [-0.39, 0.29) is 5.91 Å². The lowest BCUT2D eigenvalue weighted by atomic mass is 10.0. The molecular formula is C19H25N3O3. The van der Waals surface area contributed by atoms with Crippen molar-refractivity contribution in [2.75, 3.05) is 13.7 Å². The van der Waals surface area contributed by atoms with Gasteiger partial charge in [-0.3, -0.25) is 9.78 Å². The van der Waals surface area contributed by atoms with Crippen LogP contribution in [0.15, 0.2) is 28.9 Å². The zero-order chi connectivity index (χ0) is 17.6. The molecule has 25 heavy (non-hydrogen) atoms. The van der Waals surface area contributed by atoms with Crippen molar-refractivity contribution in [2.24, 2.45) is 0 Å². The number of ether oxygens (including phenoxy) is 1. The van der Waals surface area contributed by atoms with E-state index in [1.165, 1.54) is 5.56 Å². The van der Waals surface area contributed by atoms with Crippen molar-refractivity contribution in [3.05, 3.63) is 41.4 Å². The highest BCUT2D eigenvalue weighted by molar-refractivity contribution is 5.77. The number of hydrogen-bond donors (Lipinski definition) is 0. The van der Waals surface area contributed by atoms with Gasteiger partial charge >= 0.3 is 0 Å². The number of likely N-dealkylation sites (tertiary alicyclic amines) is 1. The number of carbonyl (C=O) groups is 1. The summed E-state index contributed by atoms with van der Waals surface area (Å²) >= 11 is 0. The van der Waals surface area contributed by atoms with Crippen LogP contribution in [0.4, 0.5) is 0 Å². The zero-order valence-corrected chi connectivity index (χ0v) is 14.9. The number of aryl methyl sites for hydroxylation is 3. The van der Waals surface area contributed by atoms with E-state index < -0.39 is 0 Å². The summed E-state index contributed by atoms with van der Waals surface area (Å²) in [6.45, 7) is 2.87. The molecule has 0 aliphatic carbocycles. The van der Waals surface area contributed by atoms with Crippen molar-refractivity contribution in [3.8, 4) is 5.88 Å². The van der Waals surface area contributed by atoms with Gasteiger partial charge in [0, 0.05) is 43.4 Å². The summed E-state index contributed by atoms with van der Waals surface area (Å²) in [6, 6.07) is 6.26. The quantitative estimate of drug-likeness (QED) is 0.773. The smallest absolute Gasteiger partial charge is 0.254 e.